The first-order valence-electron chi connectivity index (χ1n) is 6.05. The summed E-state index contributed by atoms with van der Waals surface area (Å²) in [5.74, 6) is 0.209. The molecule has 1 heterocycles. The summed E-state index contributed by atoms with van der Waals surface area (Å²) in [4.78, 5) is 21.2. The summed E-state index contributed by atoms with van der Waals surface area (Å²) < 4.78 is 1.59. The van der Waals surface area contributed by atoms with Crippen molar-refractivity contribution < 1.29 is 14.7 Å². The van der Waals surface area contributed by atoms with Crippen LogP contribution >= 0.6 is 11.8 Å². The number of hydrogen-bond donors (Lipinski definition) is 2. The molecule has 0 radical (unpaired) electrons. The normalized spacial score (nSPS) is 11.8. The molecule has 0 spiro atoms. The number of tetrazole rings is 1. The molecule has 0 fully saturated rings. The minimum atomic E-state index is -1.07. The fourth-order valence-corrected chi connectivity index (χ4v) is 2.56. The maximum atomic E-state index is 10.9. The van der Waals surface area contributed by atoms with E-state index in [1.54, 1.807) is 4.68 Å². The van der Waals surface area contributed by atoms with Crippen LogP contribution < -0.4 is 5.32 Å². The van der Waals surface area contributed by atoms with Gasteiger partial charge in [-0.2, -0.15) is 16.4 Å². The van der Waals surface area contributed by atoms with Crippen LogP contribution in [-0.4, -0.2) is 49.5 Å². The van der Waals surface area contributed by atoms with Gasteiger partial charge in [0.25, 0.3) is 0 Å². The van der Waals surface area contributed by atoms with E-state index in [9.17, 15) is 9.59 Å². The van der Waals surface area contributed by atoms with Crippen molar-refractivity contribution in [1.82, 2.24) is 25.5 Å². The average molecular weight is 307 g/mol. The smallest absolute Gasteiger partial charge is 0.327 e. The monoisotopic (exact) mass is 307 g/mol. The SMILES string of the molecule is O=CNC(CSCc1nnnn1-c1ccccc1)C(=O)O. The zero-order valence-corrected chi connectivity index (χ0v) is 11.7. The van der Waals surface area contributed by atoms with Gasteiger partial charge in [-0.1, -0.05) is 18.2 Å². The Morgan fingerprint density at radius 1 is 1.43 bits per heavy atom. The number of carboxylic acids is 1. The minimum Gasteiger partial charge on any atom is -0.480 e. The van der Waals surface area contributed by atoms with E-state index in [1.807, 2.05) is 30.3 Å². The maximum Gasteiger partial charge on any atom is 0.327 e. The summed E-state index contributed by atoms with van der Waals surface area (Å²) in [6, 6.07) is 8.47. The van der Waals surface area contributed by atoms with E-state index in [0.717, 1.165) is 5.69 Å². The highest BCUT2D eigenvalue weighted by atomic mass is 32.2. The summed E-state index contributed by atoms with van der Waals surface area (Å²) in [6.45, 7) is 0. The van der Waals surface area contributed by atoms with E-state index >= 15 is 0 Å². The predicted molar refractivity (Wildman–Crippen MR) is 75.9 cm³/mol. The third-order valence-electron chi connectivity index (χ3n) is 2.62. The second kappa shape index (κ2) is 7.39. The number of para-hydroxylation sites is 1. The third-order valence-corrected chi connectivity index (χ3v) is 3.65. The van der Waals surface area contributed by atoms with Gasteiger partial charge in [0.1, 0.15) is 6.04 Å². The zero-order valence-electron chi connectivity index (χ0n) is 10.9. The molecule has 2 aromatic rings. The molecule has 1 atom stereocenters. The lowest BCUT2D eigenvalue weighted by Crippen LogP contribution is -2.37. The van der Waals surface area contributed by atoms with Gasteiger partial charge in [-0.25, -0.2) is 4.79 Å². The fourth-order valence-electron chi connectivity index (χ4n) is 1.61. The van der Waals surface area contributed by atoms with E-state index in [1.165, 1.54) is 11.8 Å². The van der Waals surface area contributed by atoms with Gasteiger partial charge in [0, 0.05) is 5.75 Å². The second-order valence-corrected chi connectivity index (χ2v) is 5.06. The number of carbonyl (C=O) groups is 2. The highest BCUT2D eigenvalue weighted by Crippen LogP contribution is 2.14. The topological polar surface area (TPSA) is 110 Å². The molecule has 1 unspecified atom stereocenters. The summed E-state index contributed by atoms with van der Waals surface area (Å²) in [5.41, 5.74) is 0.832. The Labute approximate surface area is 124 Å². The highest BCUT2D eigenvalue weighted by molar-refractivity contribution is 7.98. The second-order valence-electron chi connectivity index (χ2n) is 4.03. The van der Waals surface area contributed by atoms with E-state index in [-0.39, 0.29) is 5.75 Å². The zero-order chi connectivity index (χ0) is 15.1. The Kier molecular flexibility index (Phi) is 5.27. The van der Waals surface area contributed by atoms with Crippen molar-refractivity contribution in [3.05, 3.63) is 36.2 Å². The van der Waals surface area contributed by atoms with Crippen LogP contribution in [-0.2, 0) is 15.3 Å². The number of hydrogen-bond acceptors (Lipinski definition) is 6. The highest BCUT2D eigenvalue weighted by Gasteiger charge is 2.17. The summed E-state index contributed by atoms with van der Waals surface area (Å²) in [5, 5.41) is 22.6. The predicted octanol–water partition coefficient (Wildman–Crippen LogP) is 0.0947. The van der Waals surface area contributed by atoms with Crippen molar-refractivity contribution in [2.75, 3.05) is 5.75 Å². The van der Waals surface area contributed by atoms with Crippen molar-refractivity contribution >= 4 is 24.1 Å². The first-order chi connectivity index (χ1) is 10.2. The van der Waals surface area contributed by atoms with Gasteiger partial charge in [0.15, 0.2) is 5.82 Å². The number of aliphatic carboxylic acids is 1. The van der Waals surface area contributed by atoms with Gasteiger partial charge < -0.3 is 10.4 Å². The maximum absolute atomic E-state index is 10.9. The Bertz CT molecular complexity index is 604. The van der Waals surface area contributed by atoms with Crippen LogP contribution in [0.1, 0.15) is 5.82 Å². The van der Waals surface area contributed by atoms with Gasteiger partial charge >= 0.3 is 5.97 Å². The van der Waals surface area contributed by atoms with E-state index in [2.05, 4.69) is 20.8 Å². The number of thioether (sulfide) groups is 1. The Balaban J connectivity index is 1.97. The summed E-state index contributed by atoms with van der Waals surface area (Å²) in [7, 11) is 0. The molecule has 0 bridgehead atoms. The molecule has 2 N–H and O–H groups in total. The van der Waals surface area contributed by atoms with Crippen LogP contribution in [0.15, 0.2) is 30.3 Å². The van der Waals surface area contributed by atoms with Gasteiger partial charge in [-0.05, 0) is 22.6 Å². The molecule has 9 heteroatoms. The van der Waals surface area contributed by atoms with Crippen molar-refractivity contribution in [2.24, 2.45) is 0 Å². The largest absolute Gasteiger partial charge is 0.480 e. The summed E-state index contributed by atoms with van der Waals surface area (Å²) >= 11 is 1.33. The molecule has 0 saturated heterocycles. The molecular weight excluding hydrogens is 294 g/mol. The lowest BCUT2D eigenvalue weighted by molar-refractivity contribution is -0.139. The number of carbonyl (C=O) groups excluding carboxylic acids is 1. The van der Waals surface area contributed by atoms with Crippen molar-refractivity contribution in [1.29, 1.82) is 0 Å². The van der Waals surface area contributed by atoms with Crippen LogP contribution in [0.2, 0.25) is 0 Å². The molecule has 0 aliphatic carbocycles. The minimum absolute atomic E-state index is 0.232. The fraction of sp³-hybridized carbons (Fsp3) is 0.250. The Hall–Kier alpha value is -2.42. The Morgan fingerprint density at radius 3 is 2.86 bits per heavy atom. The first-order valence-corrected chi connectivity index (χ1v) is 7.20. The van der Waals surface area contributed by atoms with Crippen LogP contribution in [0.3, 0.4) is 0 Å². The van der Waals surface area contributed by atoms with Gasteiger partial charge in [0.2, 0.25) is 6.41 Å². The molecule has 1 aromatic heterocycles. The van der Waals surface area contributed by atoms with Gasteiger partial charge in [-0.3, -0.25) is 4.79 Å². The molecule has 0 saturated carbocycles. The van der Waals surface area contributed by atoms with Crippen molar-refractivity contribution in [3.63, 3.8) is 0 Å². The Morgan fingerprint density at radius 2 is 2.19 bits per heavy atom. The third kappa shape index (κ3) is 4.02. The molecule has 1 amide bonds. The average Bonchev–Trinajstić information content (AvgIpc) is 2.95. The number of amides is 1. The standard InChI is InChI=1S/C12H13N5O3S/c18-8-13-10(12(19)20)6-21-7-11-14-15-16-17(11)9-4-2-1-3-5-9/h1-5,8,10H,6-7H2,(H,13,18)(H,19,20). The van der Waals surface area contributed by atoms with Crippen LogP contribution in [0.25, 0.3) is 5.69 Å². The number of benzene rings is 1. The number of aromatic nitrogens is 4. The molecular formula is C12H13N5O3S. The van der Waals surface area contributed by atoms with Crippen LogP contribution in [0, 0.1) is 0 Å². The molecule has 0 aliphatic heterocycles. The molecule has 110 valence electrons. The van der Waals surface area contributed by atoms with Crippen LogP contribution in [0.5, 0.6) is 0 Å². The summed E-state index contributed by atoms with van der Waals surface area (Å²) in [6.07, 6.45) is 0.382. The number of nitrogens with one attached hydrogen (secondary N) is 1. The first kappa shape index (κ1) is 15.0. The van der Waals surface area contributed by atoms with E-state index in [4.69, 9.17) is 5.11 Å². The van der Waals surface area contributed by atoms with Gasteiger partial charge in [0.05, 0.1) is 11.4 Å². The molecule has 0 aliphatic rings. The number of rotatable bonds is 8. The van der Waals surface area contributed by atoms with Crippen molar-refractivity contribution in [3.8, 4) is 5.69 Å². The quantitative estimate of drug-likeness (QED) is 0.665. The molecule has 21 heavy (non-hydrogen) atoms. The van der Waals surface area contributed by atoms with E-state index in [0.29, 0.717) is 18.0 Å². The lowest BCUT2D eigenvalue weighted by Gasteiger charge is -2.10. The van der Waals surface area contributed by atoms with Crippen LogP contribution in [0.4, 0.5) is 0 Å². The molecule has 8 nitrogen and oxygen atoms in total. The number of nitrogens with zero attached hydrogens (tertiary/aromatic N) is 4. The van der Waals surface area contributed by atoms with E-state index < -0.39 is 12.0 Å². The lowest BCUT2D eigenvalue weighted by atomic mass is 10.3. The van der Waals surface area contributed by atoms with Gasteiger partial charge in [-0.15, -0.1) is 5.10 Å². The molecule has 2 rings (SSSR count). The van der Waals surface area contributed by atoms with Crippen molar-refractivity contribution in [2.45, 2.75) is 11.8 Å². The number of carboxylic acid groups (broad SMARTS) is 1. The molecule has 1 aromatic carbocycles.